The van der Waals surface area contributed by atoms with Crippen LogP contribution in [0.25, 0.3) is 0 Å². The first kappa shape index (κ1) is 12.9. The molecule has 0 aliphatic carbocycles. The molecule has 2 nitrogen and oxygen atoms in total. The molecule has 1 aromatic carbocycles. The Bertz CT molecular complexity index is 552. The van der Waals surface area contributed by atoms with Gasteiger partial charge in [0.25, 0.3) is 0 Å². The molecule has 0 unspecified atom stereocenters. The summed E-state index contributed by atoms with van der Waals surface area (Å²) in [6, 6.07) is 10.5. The lowest BCUT2D eigenvalue weighted by molar-refractivity contribution is 1.10. The lowest BCUT2D eigenvalue weighted by Crippen LogP contribution is -2.12. The van der Waals surface area contributed by atoms with Gasteiger partial charge in [0.15, 0.2) is 0 Å². The van der Waals surface area contributed by atoms with Gasteiger partial charge in [-0.1, -0.05) is 12.1 Å². The highest BCUT2D eigenvalue weighted by molar-refractivity contribution is 6.17. The van der Waals surface area contributed by atoms with Crippen LogP contribution >= 0.6 is 11.6 Å². The van der Waals surface area contributed by atoms with Crippen LogP contribution in [0.15, 0.2) is 36.5 Å². The Balaban J connectivity index is 2.44. The molecule has 0 spiro atoms. The minimum atomic E-state index is 0.471. The number of alkyl halides is 1. The summed E-state index contributed by atoms with van der Waals surface area (Å²) in [5, 5.41) is 0. The van der Waals surface area contributed by atoms with Crippen molar-refractivity contribution in [2.75, 3.05) is 11.9 Å². The number of hydrogen-bond donors (Lipinski definition) is 0. The number of halogens is 1. The number of hydrogen-bond acceptors (Lipinski definition) is 2. The fourth-order valence-corrected chi connectivity index (χ4v) is 2.17. The smallest absolute Gasteiger partial charge is 0.0510 e. The molecule has 18 heavy (non-hydrogen) atoms. The molecule has 0 bridgehead atoms. The molecule has 2 rings (SSSR count). The number of aromatic nitrogens is 1. The highest BCUT2D eigenvalue weighted by atomic mass is 35.5. The minimum absolute atomic E-state index is 0.471. The third kappa shape index (κ3) is 2.65. The van der Waals surface area contributed by atoms with Crippen LogP contribution < -0.4 is 4.90 Å². The number of benzene rings is 1. The third-order valence-corrected chi connectivity index (χ3v) is 3.28. The monoisotopic (exact) mass is 260 g/mol. The average molecular weight is 261 g/mol. The van der Waals surface area contributed by atoms with Gasteiger partial charge in [0.1, 0.15) is 0 Å². The van der Waals surface area contributed by atoms with Crippen LogP contribution in [-0.2, 0) is 5.88 Å². The molecule has 94 valence electrons. The van der Waals surface area contributed by atoms with Crippen molar-refractivity contribution in [3.05, 3.63) is 53.3 Å². The summed E-state index contributed by atoms with van der Waals surface area (Å²) in [6.07, 6.45) is 1.85. The zero-order valence-electron chi connectivity index (χ0n) is 10.9. The van der Waals surface area contributed by atoms with Crippen molar-refractivity contribution >= 4 is 23.0 Å². The highest BCUT2D eigenvalue weighted by Gasteiger charge is 2.09. The molecule has 0 radical (unpaired) electrons. The van der Waals surface area contributed by atoms with Gasteiger partial charge >= 0.3 is 0 Å². The van der Waals surface area contributed by atoms with Crippen LogP contribution in [0.3, 0.4) is 0 Å². The van der Waals surface area contributed by atoms with E-state index in [0.717, 1.165) is 22.6 Å². The maximum Gasteiger partial charge on any atom is 0.0510 e. The second kappa shape index (κ2) is 5.40. The van der Waals surface area contributed by atoms with Crippen molar-refractivity contribution in [2.45, 2.75) is 19.7 Å². The molecule has 0 atom stereocenters. The molecule has 0 amide bonds. The van der Waals surface area contributed by atoms with Gasteiger partial charge in [-0.15, -0.1) is 11.6 Å². The summed E-state index contributed by atoms with van der Waals surface area (Å²) in [4.78, 5) is 6.45. The van der Waals surface area contributed by atoms with Gasteiger partial charge in [0.2, 0.25) is 0 Å². The van der Waals surface area contributed by atoms with E-state index in [0.29, 0.717) is 5.88 Å². The van der Waals surface area contributed by atoms with E-state index < -0.39 is 0 Å². The summed E-state index contributed by atoms with van der Waals surface area (Å²) in [7, 11) is 2.06. The minimum Gasteiger partial charge on any atom is -0.344 e. The quantitative estimate of drug-likeness (QED) is 0.769. The molecule has 0 saturated carbocycles. The van der Waals surface area contributed by atoms with E-state index in [1.807, 2.05) is 13.1 Å². The van der Waals surface area contributed by atoms with Gasteiger partial charge in [-0.05, 0) is 37.6 Å². The van der Waals surface area contributed by atoms with Gasteiger partial charge in [-0.2, -0.15) is 0 Å². The number of nitrogens with zero attached hydrogens (tertiary/aromatic N) is 2. The Morgan fingerprint density at radius 2 is 2.00 bits per heavy atom. The van der Waals surface area contributed by atoms with Gasteiger partial charge < -0.3 is 4.90 Å². The van der Waals surface area contributed by atoms with Crippen LogP contribution in [0.1, 0.15) is 16.8 Å². The Morgan fingerprint density at radius 3 is 2.67 bits per heavy atom. The van der Waals surface area contributed by atoms with E-state index in [-0.39, 0.29) is 0 Å². The largest absolute Gasteiger partial charge is 0.344 e. The summed E-state index contributed by atoms with van der Waals surface area (Å²) in [5.41, 5.74) is 5.57. The Labute approximate surface area is 113 Å². The Hall–Kier alpha value is -1.54. The molecule has 2 aromatic rings. The van der Waals surface area contributed by atoms with Crippen LogP contribution in [-0.4, -0.2) is 12.0 Å². The second-order valence-corrected chi connectivity index (χ2v) is 4.75. The predicted molar refractivity (Wildman–Crippen MR) is 77.8 cm³/mol. The Kier molecular flexibility index (Phi) is 3.87. The van der Waals surface area contributed by atoms with Crippen LogP contribution in [0.4, 0.5) is 11.4 Å². The van der Waals surface area contributed by atoms with Crippen molar-refractivity contribution in [2.24, 2.45) is 0 Å². The van der Waals surface area contributed by atoms with Gasteiger partial charge in [0, 0.05) is 35.9 Å². The lowest BCUT2D eigenvalue weighted by atomic mass is 10.1. The van der Waals surface area contributed by atoms with Gasteiger partial charge in [-0.25, -0.2) is 0 Å². The molecule has 3 heteroatoms. The molecular formula is C15H17ClN2. The van der Waals surface area contributed by atoms with E-state index in [4.69, 9.17) is 11.6 Å². The molecular weight excluding hydrogens is 244 g/mol. The molecule has 0 saturated heterocycles. The standard InChI is InChI=1S/C15H17ClN2/c1-11-5-4-6-14(7-11)18(3)15-8-12(2)17-10-13(15)9-16/h4-8,10H,9H2,1-3H3. The number of aryl methyl sites for hydroxylation is 2. The molecule has 0 aliphatic heterocycles. The fourth-order valence-electron chi connectivity index (χ4n) is 1.96. The molecule has 0 aliphatic rings. The summed E-state index contributed by atoms with van der Waals surface area (Å²) in [5.74, 6) is 0.471. The van der Waals surface area contributed by atoms with Crippen LogP contribution in [0.5, 0.6) is 0 Å². The van der Waals surface area contributed by atoms with E-state index in [1.54, 1.807) is 0 Å². The Morgan fingerprint density at radius 1 is 1.22 bits per heavy atom. The summed E-state index contributed by atoms with van der Waals surface area (Å²) >= 11 is 5.98. The van der Waals surface area contributed by atoms with E-state index in [9.17, 15) is 0 Å². The molecule has 0 fully saturated rings. The summed E-state index contributed by atoms with van der Waals surface area (Å²) in [6.45, 7) is 4.09. The third-order valence-electron chi connectivity index (χ3n) is 2.99. The van der Waals surface area contributed by atoms with Gasteiger partial charge in [-0.3, -0.25) is 4.98 Å². The topological polar surface area (TPSA) is 16.1 Å². The van der Waals surface area contributed by atoms with E-state index >= 15 is 0 Å². The molecule has 1 aromatic heterocycles. The summed E-state index contributed by atoms with van der Waals surface area (Å²) < 4.78 is 0. The van der Waals surface area contributed by atoms with Crippen LogP contribution in [0.2, 0.25) is 0 Å². The first-order valence-electron chi connectivity index (χ1n) is 5.93. The van der Waals surface area contributed by atoms with Crippen LogP contribution in [0, 0.1) is 13.8 Å². The maximum atomic E-state index is 5.98. The number of rotatable bonds is 3. The number of anilines is 2. The zero-order valence-corrected chi connectivity index (χ0v) is 11.7. The lowest BCUT2D eigenvalue weighted by Gasteiger charge is -2.22. The van der Waals surface area contributed by atoms with Crippen molar-refractivity contribution in [3.63, 3.8) is 0 Å². The fraction of sp³-hybridized carbons (Fsp3) is 0.267. The zero-order chi connectivity index (χ0) is 13.1. The van der Waals surface area contributed by atoms with Crippen molar-refractivity contribution in [1.29, 1.82) is 0 Å². The average Bonchev–Trinajstić information content (AvgIpc) is 2.38. The number of pyridine rings is 1. The van der Waals surface area contributed by atoms with E-state index in [1.165, 1.54) is 5.56 Å². The van der Waals surface area contributed by atoms with Crippen molar-refractivity contribution < 1.29 is 0 Å². The van der Waals surface area contributed by atoms with E-state index in [2.05, 4.69) is 54.2 Å². The highest BCUT2D eigenvalue weighted by Crippen LogP contribution is 2.28. The maximum absolute atomic E-state index is 5.98. The first-order chi connectivity index (χ1) is 8.61. The molecule has 1 heterocycles. The van der Waals surface area contributed by atoms with Crippen molar-refractivity contribution in [3.8, 4) is 0 Å². The SMILES string of the molecule is Cc1cccc(N(C)c2cc(C)ncc2CCl)c1. The normalized spacial score (nSPS) is 10.4. The first-order valence-corrected chi connectivity index (χ1v) is 6.47. The van der Waals surface area contributed by atoms with Gasteiger partial charge in [0.05, 0.1) is 5.88 Å². The molecule has 0 N–H and O–H groups in total. The second-order valence-electron chi connectivity index (χ2n) is 4.49. The van der Waals surface area contributed by atoms with Crippen molar-refractivity contribution in [1.82, 2.24) is 4.98 Å². The predicted octanol–water partition coefficient (Wildman–Crippen LogP) is 4.21.